The third-order valence-electron chi connectivity index (χ3n) is 23.8. The highest BCUT2D eigenvalue weighted by molar-refractivity contribution is 5.93. The number of para-hydroxylation sites is 2. The number of carbonyl (C=O) groups is 10. The molecule has 0 atom stereocenters. The maximum absolute atomic E-state index is 12.9. The molecule has 0 aromatic heterocycles. The van der Waals surface area contributed by atoms with Gasteiger partial charge in [-0.1, -0.05) is 133 Å². The Morgan fingerprint density at radius 1 is 0.444 bits per heavy atom. The minimum absolute atomic E-state index is 0.141. The van der Waals surface area contributed by atoms with E-state index in [9.17, 15) is 47.9 Å². The van der Waals surface area contributed by atoms with E-state index in [0.29, 0.717) is 145 Å². The van der Waals surface area contributed by atoms with Crippen LogP contribution in [0.25, 0.3) is 22.3 Å². The largest absolute Gasteiger partial charge is 0.497 e. The van der Waals surface area contributed by atoms with Crippen molar-refractivity contribution in [2.75, 3.05) is 160 Å². The molecule has 32 nitrogen and oxygen atoms in total. The fourth-order valence-electron chi connectivity index (χ4n) is 16.1. The van der Waals surface area contributed by atoms with Gasteiger partial charge >= 0.3 is 48.5 Å². The van der Waals surface area contributed by atoms with Gasteiger partial charge in [0.1, 0.15) is 35.4 Å². The number of aliphatic hydroxyl groups excluding tert-OH is 1. The van der Waals surface area contributed by atoms with Crippen LogP contribution in [0.4, 0.5) is 51.5 Å². The third kappa shape index (κ3) is 38.2. The first-order chi connectivity index (χ1) is 65.1. The van der Waals surface area contributed by atoms with Gasteiger partial charge in [-0.15, -0.1) is 0 Å². The Morgan fingerprint density at radius 3 is 1.28 bits per heavy atom. The lowest BCUT2D eigenvalue weighted by Gasteiger charge is -2.34. The predicted octanol–water partition coefficient (Wildman–Crippen LogP) is 17.2. The van der Waals surface area contributed by atoms with Crippen molar-refractivity contribution in [1.29, 1.82) is 0 Å². The number of nitrogens with zero attached hydrogens (tertiary/aromatic N) is 5. The molecule has 7 aromatic rings. The number of carboxylic acid groups (broad SMARTS) is 1. The van der Waals surface area contributed by atoms with E-state index in [0.717, 1.165) is 149 Å². The molecule has 7 aliphatic rings. The third-order valence-corrected chi connectivity index (χ3v) is 23.8. The van der Waals surface area contributed by atoms with Crippen LogP contribution in [0, 0.1) is 23.7 Å². The average molecular weight is 1870 g/mol. The van der Waals surface area contributed by atoms with Crippen LogP contribution in [0.5, 0.6) is 5.75 Å². The first kappa shape index (κ1) is 105. The molecule has 32 heteroatoms. The molecule has 0 saturated carbocycles. The summed E-state index contributed by atoms with van der Waals surface area (Å²) in [6, 6.07) is 56.5. The zero-order valence-electron chi connectivity index (χ0n) is 79.0. The van der Waals surface area contributed by atoms with Gasteiger partial charge in [0.15, 0.2) is 6.29 Å². The van der Waals surface area contributed by atoms with Gasteiger partial charge in [0.2, 0.25) is 5.91 Å². The summed E-state index contributed by atoms with van der Waals surface area (Å²) in [5, 5.41) is 32.2. The van der Waals surface area contributed by atoms with Crippen molar-refractivity contribution >= 4 is 83.4 Å². The van der Waals surface area contributed by atoms with Gasteiger partial charge in [-0.3, -0.25) is 40.4 Å². The molecule has 7 heterocycles. The number of amides is 7. The topological polar surface area (TPSA) is 380 Å². The second-order valence-electron chi connectivity index (χ2n) is 36.5. The molecular weight excluding hydrogens is 1730 g/mol. The number of rotatable bonds is 26. The fraction of sp³-hybridized carbons (Fsp3) is 0.495. The second-order valence-corrected chi connectivity index (χ2v) is 36.5. The van der Waals surface area contributed by atoms with Gasteiger partial charge in [0, 0.05) is 125 Å². The van der Waals surface area contributed by atoms with Gasteiger partial charge in [-0.05, 0) is 221 Å². The molecule has 0 aliphatic carbocycles. The Bertz CT molecular complexity index is 4800. The van der Waals surface area contributed by atoms with Crippen molar-refractivity contribution in [1.82, 2.24) is 29.8 Å². The monoisotopic (exact) mass is 1860 g/mol. The number of benzene rings is 7. The molecule has 135 heavy (non-hydrogen) atoms. The van der Waals surface area contributed by atoms with Gasteiger partial charge in [-0.2, -0.15) is 0 Å². The summed E-state index contributed by atoms with van der Waals surface area (Å²) in [5.41, 5.74) is 8.11. The van der Waals surface area contributed by atoms with Gasteiger partial charge < -0.3 is 87.4 Å². The number of esters is 1. The second kappa shape index (κ2) is 55.0. The Kier molecular flexibility index (Phi) is 42.7. The summed E-state index contributed by atoms with van der Waals surface area (Å²) in [6.45, 7) is 24.0. The number of hydrogen-bond donors (Lipinski definition) is 7. The van der Waals surface area contributed by atoms with Crippen LogP contribution >= 0.6 is 0 Å². The van der Waals surface area contributed by atoms with Crippen LogP contribution in [-0.2, 0) is 63.4 Å². The highest BCUT2D eigenvalue weighted by Gasteiger charge is 2.32. The van der Waals surface area contributed by atoms with E-state index in [1.807, 2.05) is 168 Å². The number of ether oxygens (including phenoxy) is 10. The molecule has 7 saturated heterocycles. The van der Waals surface area contributed by atoms with Crippen LogP contribution in [0.2, 0.25) is 0 Å². The van der Waals surface area contributed by atoms with E-state index >= 15 is 0 Å². The zero-order chi connectivity index (χ0) is 96.3. The van der Waals surface area contributed by atoms with Crippen LogP contribution in [-0.4, -0.2) is 257 Å². The number of anilines is 4. The number of piperidine rings is 6. The first-order valence-corrected chi connectivity index (χ1v) is 47.1. The number of nitrogens with one attached hydrogen (secondary N) is 5. The summed E-state index contributed by atoms with van der Waals surface area (Å²) in [4.78, 5) is 129. The Hall–Kier alpha value is -12.2. The normalized spacial score (nSPS) is 16.8. The van der Waals surface area contributed by atoms with E-state index in [4.69, 9.17) is 57.6 Å². The zero-order valence-corrected chi connectivity index (χ0v) is 79.0. The molecule has 7 amide bonds. The van der Waals surface area contributed by atoms with Crippen molar-refractivity contribution < 1.29 is 106 Å². The summed E-state index contributed by atoms with van der Waals surface area (Å²) in [6.07, 6.45) is 8.57. The van der Waals surface area contributed by atoms with Gasteiger partial charge in [0.25, 0.3) is 0 Å². The summed E-state index contributed by atoms with van der Waals surface area (Å²) in [7, 11) is 1.61. The molecule has 730 valence electrons. The first-order valence-electron chi connectivity index (χ1n) is 47.1. The van der Waals surface area contributed by atoms with Crippen LogP contribution < -0.4 is 31.3 Å². The number of aliphatic carboxylic acids is 1. The number of carbonyl (C=O) groups excluding carboxylic acids is 9. The van der Waals surface area contributed by atoms with Crippen LogP contribution in [0.15, 0.2) is 182 Å². The lowest BCUT2D eigenvalue weighted by molar-refractivity contribution is -0.145. The number of likely N-dealkylation sites (tertiary alicyclic amines) is 5. The molecule has 7 aromatic carbocycles. The number of aldehydes is 1. The highest BCUT2D eigenvalue weighted by atomic mass is 16.7. The molecule has 0 unspecified atom stereocenters. The summed E-state index contributed by atoms with van der Waals surface area (Å²) in [5.74, 6) is 1.15. The lowest BCUT2D eigenvalue weighted by atomic mass is 9.97. The maximum atomic E-state index is 12.9. The van der Waals surface area contributed by atoms with E-state index in [1.165, 1.54) is 0 Å². The van der Waals surface area contributed by atoms with Crippen LogP contribution in [0.1, 0.15) is 159 Å². The molecule has 7 fully saturated rings. The molecule has 0 bridgehead atoms. The van der Waals surface area contributed by atoms with Crippen LogP contribution in [0.3, 0.4) is 0 Å². The Labute approximate surface area is 792 Å². The van der Waals surface area contributed by atoms with Crippen molar-refractivity contribution in [3.63, 3.8) is 0 Å². The molecule has 7 N–H and O–H groups in total. The van der Waals surface area contributed by atoms with E-state index < -0.39 is 41.5 Å². The fourth-order valence-corrected chi connectivity index (χ4v) is 16.1. The van der Waals surface area contributed by atoms with Crippen molar-refractivity contribution in [2.24, 2.45) is 23.7 Å². The molecule has 7 aliphatic heterocycles. The van der Waals surface area contributed by atoms with Gasteiger partial charge in [0.05, 0.1) is 64.4 Å². The van der Waals surface area contributed by atoms with E-state index in [-0.39, 0.29) is 73.8 Å². The quantitative estimate of drug-likeness (QED) is 0.0150. The lowest BCUT2D eigenvalue weighted by Crippen LogP contribution is -2.43. The molecule has 14 rings (SSSR count). The predicted molar refractivity (Wildman–Crippen MR) is 513 cm³/mol. The van der Waals surface area contributed by atoms with E-state index in [1.54, 1.807) is 77.6 Å². The molecular formula is C103H136N10O22. The molecule has 0 radical (unpaired) electrons. The smallest absolute Gasteiger partial charge is 0.411 e. The Morgan fingerprint density at radius 2 is 0.852 bits per heavy atom. The molecule has 0 spiro atoms. The van der Waals surface area contributed by atoms with Crippen molar-refractivity contribution in [3.8, 4) is 28.0 Å². The van der Waals surface area contributed by atoms with E-state index in [2.05, 4.69) is 36.4 Å². The summed E-state index contributed by atoms with van der Waals surface area (Å²) < 4.78 is 54.0. The average Bonchev–Trinajstić information content (AvgIpc) is 1.03. The minimum Gasteiger partial charge on any atom is -0.497 e. The minimum atomic E-state index is -0.787. The number of methoxy groups -OCH3 is 1. The van der Waals surface area contributed by atoms with Gasteiger partial charge in [-0.25, -0.2) is 28.8 Å². The number of aliphatic hydroxyl groups is 1. The summed E-state index contributed by atoms with van der Waals surface area (Å²) >= 11 is 0. The number of carboxylic acids is 1. The highest BCUT2D eigenvalue weighted by Crippen LogP contribution is 2.33. The Balaban J connectivity index is 0.000000184. The van der Waals surface area contributed by atoms with Crippen molar-refractivity contribution in [3.05, 3.63) is 199 Å². The SMILES string of the molecule is CC(C)(C)OC(=O)N1CCC(CO)CC1.CC(C)(C)OC(=O)N1CCC(COC(=O)Nc2ccc(C3OCCO3)cc2)CC1.COc1ccc(NC(=O)OCC2CCNCC2)cc1.O=C(O)CCN1CCC(OC(=O)Nc2ccccc2-c2ccccc2)CC1.O=Cc1ccc(CC(=O)OCC2CCN(C(=O)CCN3CCC(OC(=O)Nc4ccccc4-c4ccccc4)CC3)CC2)cc1. The number of hydrogen-bond acceptors (Lipinski definition) is 24. The maximum Gasteiger partial charge on any atom is 0.411 e. The van der Waals surface area contributed by atoms with Crippen molar-refractivity contribution in [2.45, 2.75) is 168 Å². The standard InChI is InChI=1S/C36H41N3O6.C21H30N2O6.C21H24N2O4.C14H20N2O3.C11H21NO3/c40-25-28-12-10-27(11-13-28)24-35(42)44-26-29-14-22-39(23-15-29)34(41)18-21-38-19-16-31(17-20-38)45-36(43)37-33-9-5-4-8-32(33)30-6-2-1-3-7-30;1-21(2,3)29-20(25)23-10-8-15(9-11-23)14-28-19(24)22-17-6-4-16(5-7-17)18-26-12-13-27-18;24-20(25)12-15-23-13-10-17(11-14-23)27-21(26)22-19-9-5-4-8-18(19)16-6-2-1-3-7-16;1-18-13-4-2-12(3-5-13)16-14(17)19-10-11-6-8-15-9-7-11;1-11(2,3)15-10(14)12-6-4-9(8-13)5-7-12/h1-13,25,29,31H,14-24,26H2,(H,37,43);4-7,15,18H,8-14H2,1-3H3,(H,22,24);1-9,17H,10-15H2,(H,22,26)(H,24,25);2-5,11,15H,6-10H2,1H3,(H,16,17);9,13H,4-8H2,1-3H3.